The van der Waals surface area contributed by atoms with Crippen molar-refractivity contribution in [3.8, 4) is 0 Å². The lowest BCUT2D eigenvalue weighted by molar-refractivity contribution is -0.0207. The molecule has 0 aliphatic carbocycles. The van der Waals surface area contributed by atoms with Gasteiger partial charge in [0.25, 0.3) is 0 Å². The molecule has 0 aromatic heterocycles. The molecule has 4 nitrogen and oxygen atoms in total. The second-order valence-electron chi connectivity index (χ2n) is 2.15. The number of hydrogen-bond acceptors (Lipinski definition) is 3. The maximum absolute atomic E-state index is 10.2. The van der Waals surface area contributed by atoms with Gasteiger partial charge in [0.15, 0.2) is 6.29 Å². The van der Waals surface area contributed by atoms with Crippen molar-refractivity contribution >= 4 is 8.25 Å². The third-order valence-corrected chi connectivity index (χ3v) is 1.72. The molecule has 0 saturated carbocycles. The van der Waals surface area contributed by atoms with Gasteiger partial charge in [-0.05, 0) is 0 Å². The summed E-state index contributed by atoms with van der Waals surface area (Å²) in [6.07, 6.45) is -1.32. The fraction of sp³-hybridized carbons (Fsp3) is 0.143. The van der Waals surface area contributed by atoms with Gasteiger partial charge < -0.3 is 10.00 Å². The Labute approximate surface area is 70.4 Å². The van der Waals surface area contributed by atoms with Crippen LogP contribution >= 0.6 is 8.25 Å². The van der Waals surface area contributed by atoms with Gasteiger partial charge in [-0.3, -0.25) is 9.09 Å². The van der Waals surface area contributed by atoms with Crippen molar-refractivity contribution in [2.75, 3.05) is 0 Å². The van der Waals surface area contributed by atoms with Gasteiger partial charge in [0.2, 0.25) is 0 Å². The number of aliphatic hydroxyl groups excluding tert-OH is 1. The van der Waals surface area contributed by atoms with Crippen molar-refractivity contribution < 1.29 is 19.1 Å². The molecule has 1 aromatic carbocycles. The van der Waals surface area contributed by atoms with Gasteiger partial charge in [0, 0.05) is 5.56 Å². The summed E-state index contributed by atoms with van der Waals surface area (Å²) in [5, 5.41) is 9.13. The van der Waals surface area contributed by atoms with E-state index in [1.54, 1.807) is 30.3 Å². The van der Waals surface area contributed by atoms with E-state index < -0.39 is 14.5 Å². The van der Waals surface area contributed by atoms with Crippen LogP contribution in [0.5, 0.6) is 0 Å². The van der Waals surface area contributed by atoms with E-state index in [1.165, 1.54) is 0 Å². The van der Waals surface area contributed by atoms with Crippen LogP contribution in [-0.4, -0.2) is 10.00 Å². The Hall–Kier alpha value is -0.670. The van der Waals surface area contributed by atoms with Gasteiger partial charge in [-0.1, -0.05) is 30.3 Å². The predicted octanol–water partition coefficient (Wildman–Crippen LogP) is 1.08. The van der Waals surface area contributed by atoms with E-state index in [0.29, 0.717) is 5.56 Å². The zero-order chi connectivity index (χ0) is 8.97. The van der Waals surface area contributed by atoms with Crippen molar-refractivity contribution in [3.05, 3.63) is 35.9 Å². The molecule has 5 heteroatoms. The minimum absolute atomic E-state index is 0.463. The van der Waals surface area contributed by atoms with E-state index in [0.717, 1.165) is 0 Å². The van der Waals surface area contributed by atoms with Crippen LogP contribution in [0.15, 0.2) is 30.3 Å². The second-order valence-corrected chi connectivity index (χ2v) is 2.91. The van der Waals surface area contributed by atoms with Crippen molar-refractivity contribution in [1.29, 1.82) is 0 Å². The van der Waals surface area contributed by atoms with Crippen LogP contribution in [0.4, 0.5) is 0 Å². The van der Waals surface area contributed by atoms with Crippen molar-refractivity contribution in [3.63, 3.8) is 0 Å². The zero-order valence-electron chi connectivity index (χ0n) is 6.18. The van der Waals surface area contributed by atoms with Crippen molar-refractivity contribution in [2.45, 2.75) is 6.29 Å². The molecular weight excluding hydrogens is 179 g/mol. The molecule has 2 atom stereocenters. The average molecular weight is 188 g/mol. The Balaban J connectivity index is 2.65. The standard InChI is InChI=1S/C7H9O4P/c8-7(11-12(9)10)6-4-2-1-3-5-6/h1-5,7-8,12H,(H,9,10)/t7-/m0/s1. The molecule has 1 rings (SSSR count). The third-order valence-electron chi connectivity index (χ3n) is 1.30. The van der Waals surface area contributed by atoms with Gasteiger partial charge in [-0.15, -0.1) is 0 Å². The SMILES string of the molecule is O=[PH](O)O[C@H](O)c1ccccc1. The van der Waals surface area contributed by atoms with E-state index in [9.17, 15) is 4.57 Å². The molecule has 1 aromatic rings. The molecule has 1 unspecified atom stereocenters. The molecule has 66 valence electrons. The number of aliphatic hydroxyl groups is 1. The number of hydrogen-bond donors (Lipinski definition) is 2. The van der Waals surface area contributed by atoms with E-state index in [4.69, 9.17) is 10.00 Å². The Morgan fingerprint density at radius 3 is 2.42 bits per heavy atom. The first-order valence-corrected chi connectivity index (χ1v) is 4.59. The second kappa shape index (κ2) is 4.38. The molecule has 0 bridgehead atoms. The topological polar surface area (TPSA) is 66.8 Å². The third kappa shape index (κ3) is 2.75. The first kappa shape index (κ1) is 9.42. The van der Waals surface area contributed by atoms with Gasteiger partial charge in [0.05, 0.1) is 0 Å². The molecule has 0 spiro atoms. The monoisotopic (exact) mass is 188 g/mol. The summed E-state index contributed by atoms with van der Waals surface area (Å²) in [6, 6.07) is 8.40. The molecule has 0 aliphatic heterocycles. The Bertz CT molecular complexity index is 261. The highest BCUT2D eigenvalue weighted by Gasteiger charge is 2.08. The normalized spacial score (nSPS) is 15.5. The van der Waals surface area contributed by atoms with Gasteiger partial charge >= 0.3 is 8.25 Å². The Morgan fingerprint density at radius 1 is 1.33 bits per heavy atom. The molecular formula is C7H9O4P. The van der Waals surface area contributed by atoms with E-state index in [2.05, 4.69) is 4.52 Å². The smallest absolute Gasteiger partial charge is 0.319 e. The van der Waals surface area contributed by atoms with Gasteiger partial charge in [-0.25, -0.2) is 0 Å². The molecule has 0 aliphatic rings. The van der Waals surface area contributed by atoms with Gasteiger partial charge in [0.1, 0.15) is 0 Å². The van der Waals surface area contributed by atoms with E-state index in [1.807, 2.05) is 0 Å². The molecule has 0 saturated heterocycles. The van der Waals surface area contributed by atoms with Crippen LogP contribution in [0.25, 0.3) is 0 Å². The molecule has 0 heterocycles. The quantitative estimate of drug-likeness (QED) is 0.550. The van der Waals surface area contributed by atoms with Crippen LogP contribution in [-0.2, 0) is 9.09 Å². The molecule has 0 amide bonds. The highest BCUT2D eigenvalue weighted by molar-refractivity contribution is 7.32. The first-order valence-electron chi connectivity index (χ1n) is 3.33. The van der Waals surface area contributed by atoms with Crippen molar-refractivity contribution in [2.24, 2.45) is 0 Å². The summed E-state index contributed by atoms with van der Waals surface area (Å²) < 4.78 is 14.5. The van der Waals surface area contributed by atoms with Crippen LogP contribution in [0.3, 0.4) is 0 Å². The van der Waals surface area contributed by atoms with E-state index in [-0.39, 0.29) is 0 Å². The first-order chi connectivity index (χ1) is 5.70. The highest BCUT2D eigenvalue weighted by Crippen LogP contribution is 2.25. The lowest BCUT2D eigenvalue weighted by Crippen LogP contribution is -1.96. The van der Waals surface area contributed by atoms with E-state index >= 15 is 0 Å². The minimum atomic E-state index is -3.08. The summed E-state index contributed by atoms with van der Waals surface area (Å²) in [5.41, 5.74) is 0.463. The number of rotatable bonds is 3. The fourth-order valence-corrected chi connectivity index (χ4v) is 1.11. The number of benzene rings is 1. The maximum atomic E-state index is 10.2. The largest absolute Gasteiger partial charge is 0.364 e. The van der Waals surface area contributed by atoms with Crippen LogP contribution < -0.4 is 0 Å². The van der Waals surface area contributed by atoms with Crippen molar-refractivity contribution in [1.82, 2.24) is 0 Å². The van der Waals surface area contributed by atoms with Gasteiger partial charge in [-0.2, -0.15) is 0 Å². The molecule has 2 N–H and O–H groups in total. The van der Waals surface area contributed by atoms with Crippen LogP contribution in [0.2, 0.25) is 0 Å². The Morgan fingerprint density at radius 2 is 1.92 bits per heavy atom. The summed E-state index contributed by atoms with van der Waals surface area (Å²) in [5.74, 6) is 0. The zero-order valence-corrected chi connectivity index (χ0v) is 7.18. The lowest BCUT2D eigenvalue weighted by Gasteiger charge is -2.08. The highest BCUT2D eigenvalue weighted by atomic mass is 31.1. The average Bonchev–Trinajstić information content (AvgIpc) is 2.05. The molecule has 12 heavy (non-hydrogen) atoms. The summed E-state index contributed by atoms with van der Waals surface area (Å²) in [4.78, 5) is 8.35. The summed E-state index contributed by atoms with van der Waals surface area (Å²) in [6.45, 7) is 0. The predicted molar refractivity (Wildman–Crippen MR) is 43.7 cm³/mol. The maximum Gasteiger partial charge on any atom is 0.319 e. The Kier molecular flexibility index (Phi) is 3.44. The summed E-state index contributed by atoms with van der Waals surface area (Å²) >= 11 is 0. The lowest BCUT2D eigenvalue weighted by atomic mass is 10.2. The molecule has 0 radical (unpaired) electrons. The minimum Gasteiger partial charge on any atom is -0.364 e. The van der Waals surface area contributed by atoms with Crippen LogP contribution in [0, 0.1) is 0 Å². The molecule has 0 fully saturated rings. The van der Waals surface area contributed by atoms with Crippen LogP contribution in [0.1, 0.15) is 11.9 Å². The fourth-order valence-electron chi connectivity index (χ4n) is 0.781. The summed E-state index contributed by atoms with van der Waals surface area (Å²) in [7, 11) is -3.08.